The van der Waals surface area contributed by atoms with Crippen LogP contribution in [0.1, 0.15) is 33.6 Å². The topological polar surface area (TPSA) is 78.9 Å². The number of carbonyl (C=O) groups is 3. The molecule has 1 aliphatic carbocycles. The van der Waals surface area contributed by atoms with Crippen LogP contribution in [0, 0.1) is 11.8 Å². The first-order valence-corrected chi connectivity index (χ1v) is 7.72. The monoisotopic (exact) mass is 344 g/mol. The number of rotatable bonds is 6. The Bertz CT molecular complexity index is 511. The van der Waals surface area contributed by atoms with Crippen molar-refractivity contribution in [3.63, 3.8) is 0 Å². The number of allylic oxidation sites excluding steroid dienone is 2. The molecular formula is C16H21ClO6. The molecule has 0 bridgehead atoms. The molecule has 0 aromatic rings. The Morgan fingerprint density at radius 3 is 2.43 bits per heavy atom. The van der Waals surface area contributed by atoms with Gasteiger partial charge in [-0.2, -0.15) is 0 Å². The lowest BCUT2D eigenvalue weighted by Crippen LogP contribution is -2.33. The molecular weight excluding hydrogens is 324 g/mol. The van der Waals surface area contributed by atoms with Gasteiger partial charge in [0.05, 0.1) is 6.26 Å². The van der Waals surface area contributed by atoms with E-state index in [1.807, 2.05) is 0 Å². The number of ether oxygens (including phenoxy) is 3. The molecule has 23 heavy (non-hydrogen) atoms. The zero-order valence-corrected chi connectivity index (χ0v) is 14.2. The Morgan fingerprint density at radius 2 is 1.91 bits per heavy atom. The van der Waals surface area contributed by atoms with Crippen LogP contribution in [0.2, 0.25) is 0 Å². The Balaban J connectivity index is 2.91. The van der Waals surface area contributed by atoms with E-state index < -0.39 is 24.0 Å². The van der Waals surface area contributed by atoms with E-state index in [9.17, 15) is 14.4 Å². The van der Waals surface area contributed by atoms with Gasteiger partial charge in [-0.05, 0) is 18.9 Å². The third-order valence-corrected chi connectivity index (χ3v) is 3.84. The molecule has 1 rings (SSSR count). The second kappa shape index (κ2) is 9.35. The molecule has 0 aliphatic heterocycles. The Morgan fingerprint density at radius 1 is 1.22 bits per heavy atom. The molecule has 0 radical (unpaired) electrons. The predicted molar refractivity (Wildman–Crippen MR) is 83.2 cm³/mol. The molecule has 0 heterocycles. The summed E-state index contributed by atoms with van der Waals surface area (Å²) < 4.78 is 15.1. The van der Waals surface area contributed by atoms with Gasteiger partial charge in [-0.1, -0.05) is 17.2 Å². The second-order valence-electron chi connectivity index (χ2n) is 5.30. The Kier molecular flexibility index (Phi) is 7.81. The highest BCUT2D eigenvalue weighted by atomic mass is 35.5. The van der Waals surface area contributed by atoms with Crippen molar-refractivity contribution in [1.29, 1.82) is 0 Å². The first-order valence-electron chi connectivity index (χ1n) is 7.28. The van der Waals surface area contributed by atoms with Gasteiger partial charge in [0.2, 0.25) is 0 Å². The molecule has 0 aromatic carbocycles. The smallest absolute Gasteiger partial charge is 0.307 e. The lowest BCUT2D eigenvalue weighted by Gasteiger charge is -2.26. The molecule has 128 valence electrons. The third kappa shape index (κ3) is 6.44. The van der Waals surface area contributed by atoms with Gasteiger partial charge in [-0.25, -0.2) is 0 Å². The predicted octanol–water partition coefficient (Wildman–Crippen LogP) is 2.71. The van der Waals surface area contributed by atoms with Crippen LogP contribution in [0.5, 0.6) is 0 Å². The van der Waals surface area contributed by atoms with Crippen LogP contribution in [-0.2, 0) is 28.6 Å². The minimum Gasteiger partial charge on any atom is -0.462 e. The fourth-order valence-corrected chi connectivity index (χ4v) is 2.90. The van der Waals surface area contributed by atoms with Gasteiger partial charge in [0, 0.05) is 38.1 Å². The first-order chi connectivity index (χ1) is 10.8. The highest BCUT2D eigenvalue weighted by Crippen LogP contribution is 2.41. The van der Waals surface area contributed by atoms with Crippen molar-refractivity contribution in [1.82, 2.24) is 0 Å². The van der Waals surface area contributed by atoms with E-state index in [1.54, 1.807) is 6.08 Å². The van der Waals surface area contributed by atoms with E-state index in [0.29, 0.717) is 6.42 Å². The normalized spacial score (nSPS) is 23.7. The Hall–Kier alpha value is -1.82. The van der Waals surface area contributed by atoms with Crippen LogP contribution >= 0.6 is 11.6 Å². The molecule has 0 saturated heterocycles. The van der Waals surface area contributed by atoms with Gasteiger partial charge in [-0.15, -0.1) is 0 Å². The van der Waals surface area contributed by atoms with E-state index in [-0.39, 0.29) is 18.4 Å². The lowest BCUT2D eigenvalue weighted by molar-refractivity contribution is -0.160. The SMILES string of the molecule is CC(=O)O/C=C/[C@H]1/C(=C/Cl)CC[C@@H]1[C@@H](COC(C)=O)OC(C)=O. The van der Waals surface area contributed by atoms with E-state index in [1.165, 1.54) is 32.6 Å². The molecule has 3 atom stereocenters. The lowest BCUT2D eigenvalue weighted by atomic mass is 9.89. The van der Waals surface area contributed by atoms with Gasteiger partial charge in [0.15, 0.2) is 0 Å². The second-order valence-corrected chi connectivity index (χ2v) is 5.52. The Labute approximate surface area is 140 Å². The van der Waals surface area contributed by atoms with Gasteiger partial charge >= 0.3 is 17.9 Å². The number of carbonyl (C=O) groups excluding carboxylic acids is 3. The van der Waals surface area contributed by atoms with E-state index in [0.717, 1.165) is 12.0 Å². The molecule has 1 saturated carbocycles. The van der Waals surface area contributed by atoms with Crippen molar-refractivity contribution in [2.75, 3.05) is 6.61 Å². The maximum Gasteiger partial charge on any atom is 0.307 e. The molecule has 1 fully saturated rings. The van der Waals surface area contributed by atoms with Crippen molar-refractivity contribution in [3.8, 4) is 0 Å². The summed E-state index contributed by atoms with van der Waals surface area (Å²) in [5, 5.41) is 0. The summed E-state index contributed by atoms with van der Waals surface area (Å²) in [4.78, 5) is 33.2. The summed E-state index contributed by atoms with van der Waals surface area (Å²) in [6.07, 6.45) is 3.87. The summed E-state index contributed by atoms with van der Waals surface area (Å²) in [6.45, 7) is 3.88. The summed E-state index contributed by atoms with van der Waals surface area (Å²) in [5.41, 5.74) is 2.43. The molecule has 0 N–H and O–H groups in total. The van der Waals surface area contributed by atoms with Crippen molar-refractivity contribution < 1.29 is 28.6 Å². The molecule has 0 aromatic heterocycles. The maximum absolute atomic E-state index is 11.3. The van der Waals surface area contributed by atoms with Crippen LogP contribution < -0.4 is 0 Å². The highest BCUT2D eigenvalue weighted by Gasteiger charge is 2.38. The van der Waals surface area contributed by atoms with Crippen molar-refractivity contribution >= 4 is 29.5 Å². The molecule has 0 unspecified atom stereocenters. The minimum atomic E-state index is -0.586. The summed E-state index contributed by atoms with van der Waals surface area (Å²) in [6, 6.07) is 0. The number of hydrogen-bond acceptors (Lipinski definition) is 6. The summed E-state index contributed by atoms with van der Waals surface area (Å²) in [5.74, 6) is -1.60. The number of halogens is 1. The first kappa shape index (κ1) is 19.2. The van der Waals surface area contributed by atoms with E-state index >= 15 is 0 Å². The molecule has 1 aliphatic rings. The zero-order chi connectivity index (χ0) is 17.4. The van der Waals surface area contributed by atoms with Gasteiger partial charge in [0.1, 0.15) is 12.7 Å². The van der Waals surface area contributed by atoms with Crippen molar-refractivity contribution in [2.24, 2.45) is 11.8 Å². The molecule has 7 heteroatoms. The third-order valence-electron chi connectivity index (χ3n) is 3.56. The minimum absolute atomic E-state index is 0.0208. The van der Waals surface area contributed by atoms with Crippen molar-refractivity contribution in [3.05, 3.63) is 23.4 Å². The van der Waals surface area contributed by atoms with Crippen LogP contribution in [0.15, 0.2) is 23.4 Å². The summed E-state index contributed by atoms with van der Waals surface area (Å²) >= 11 is 5.85. The zero-order valence-electron chi connectivity index (χ0n) is 13.4. The standard InChI is InChI=1S/C16H21ClO6/c1-10(18)21-7-6-14-13(8-17)4-5-15(14)16(23-12(3)20)9-22-11(2)19/h6-8,14-16H,4-5,9H2,1-3H3/b7-6+,13-8+/t14-,15-,16+/m0/s1. The van der Waals surface area contributed by atoms with Gasteiger partial charge in [-0.3, -0.25) is 14.4 Å². The largest absolute Gasteiger partial charge is 0.462 e. The van der Waals surface area contributed by atoms with Gasteiger partial charge < -0.3 is 14.2 Å². The van der Waals surface area contributed by atoms with Crippen LogP contribution in [0.3, 0.4) is 0 Å². The average molecular weight is 345 g/mol. The van der Waals surface area contributed by atoms with E-state index in [2.05, 4.69) is 0 Å². The maximum atomic E-state index is 11.3. The van der Waals surface area contributed by atoms with Crippen LogP contribution in [-0.4, -0.2) is 30.6 Å². The van der Waals surface area contributed by atoms with Gasteiger partial charge in [0.25, 0.3) is 0 Å². The van der Waals surface area contributed by atoms with Crippen LogP contribution in [0.25, 0.3) is 0 Å². The fraction of sp³-hybridized carbons (Fsp3) is 0.562. The molecule has 0 spiro atoms. The average Bonchev–Trinajstić information content (AvgIpc) is 2.85. The number of hydrogen-bond donors (Lipinski definition) is 0. The quantitative estimate of drug-likeness (QED) is 0.419. The molecule has 6 nitrogen and oxygen atoms in total. The fourth-order valence-electron chi connectivity index (χ4n) is 2.64. The van der Waals surface area contributed by atoms with Crippen molar-refractivity contribution in [2.45, 2.75) is 39.7 Å². The molecule has 0 amide bonds. The summed E-state index contributed by atoms with van der Waals surface area (Å²) in [7, 11) is 0. The van der Waals surface area contributed by atoms with E-state index in [4.69, 9.17) is 25.8 Å². The van der Waals surface area contributed by atoms with Crippen LogP contribution in [0.4, 0.5) is 0 Å². The number of esters is 3. The highest BCUT2D eigenvalue weighted by molar-refractivity contribution is 6.25.